The summed E-state index contributed by atoms with van der Waals surface area (Å²) in [6.45, 7) is 5.85. The Morgan fingerprint density at radius 2 is 0.816 bits per heavy atom. The highest BCUT2D eigenvalue weighted by molar-refractivity contribution is 7.47. The van der Waals surface area contributed by atoms with Crippen LogP contribution in [0.25, 0.3) is 0 Å². The van der Waals surface area contributed by atoms with E-state index in [-0.39, 0.29) is 196 Å². The maximum absolute atomic E-state index is 14.2. The molecule has 18 unspecified atom stereocenters. The van der Waals surface area contributed by atoms with Crippen LogP contribution in [0.3, 0.4) is 0 Å². The van der Waals surface area contributed by atoms with Crippen LogP contribution in [-0.4, -0.2) is 345 Å². The van der Waals surface area contributed by atoms with E-state index in [1.54, 1.807) is 20.8 Å². The molecule has 0 radical (unpaired) electrons. The lowest BCUT2D eigenvalue weighted by molar-refractivity contribution is -0.284. The second-order valence-corrected chi connectivity index (χ2v) is 26.8. The van der Waals surface area contributed by atoms with Crippen LogP contribution in [-0.2, 0) is 113 Å². The van der Waals surface area contributed by atoms with Gasteiger partial charge in [-0.2, -0.15) is 0 Å². The molecule has 36 nitrogen and oxygen atoms in total. The fraction of sp³-hybridized carbons (Fsp3) is 0.924. The van der Waals surface area contributed by atoms with Crippen LogP contribution in [0, 0.1) is 23.7 Å². The van der Waals surface area contributed by atoms with Crippen molar-refractivity contribution in [2.75, 3.05) is 185 Å². The third kappa shape index (κ3) is 40.2. The lowest BCUT2D eigenvalue weighted by atomic mass is 9.92. The molecule has 0 saturated carbocycles. The van der Waals surface area contributed by atoms with Crippen molar-refractivity contribution in [1.29, 1.82) is 0 Å². The Morgan fingerprint density at radius 1 is 0.437 bits per heavy atom. The molecule has 103 heavy (non-hydrogen) atoms. The van der Waals surface area contributed by atoms with Crippen LogP contribution in [0.15, 0.2) is 0 Å². The van der Waals surface area contributed by atoms with E-state index in [0.29, 0.717) is 51.4 Å². The number of phosphoric ester groups is 1. The third-order valence-corrected chi connectivity index (χ3v) is 18.0. The average molecular weight is 1520 g/mol. The van der Waals surface area contributed by atoms with Gasteiger partial charge in [-0.1, -0.05) is 52.9 Å². The van der Waals surface area contributed by atoms with Crippen LogP contribution in [0.2, 0.25) is 0 Å². The summed E-state index contributed by atoms with van der Waals surface area (Å²) < 4.78 is 110. The van der Waals surface area contributed by atoms with Crippen molar-refractivity contribution in [1.82, 2.24) is 10.6 Å². The summed E-state index contributed by atoms with van der Waals surface area (Å²) in [6.07, 6.45) is -7.73. The highest BCUT2D eigenvalue weighted by Gasteiger charge is 2.45. The molecule has 2 amide bonds. The minimum absolute atomic E-state index is 0.0231. The minimum Gasteiger partial charge on any atom is -0.464 e. The van der Waals surface area contributed by atoms with Gasteiger partial charge >= 0.3 is 13.8 Å². The number of carbonyl (C=O) groups is 5. The molecule has 604 valence electrons. The van der Waals surface area contributed by atoms with Gasteiger partial charge in [-0.15, -0.1) is 0 Å². The second-order valence-electron chi connectivity index (χ2n) is 25.2. The number of amides is 2. The van der Waals surface area contributed by atoms with Crippen LogP contribution in [0.1, 0.15) is 104 Å². The first-order chi connectivity index (χ1) is 49.6. The molecule has 3 aliphatic heterocycles. The molecule has 3 rings (SSSR count). The normalized spacial score (nSPS) is 26.3. The van der Waals surface area contributed by atoms with Crippen LogP contribution in [0.4, 0.5) is 0 Å². The third-order valence-electron chi connectivity index (χ3n) is 17.0. The van der Waals surface area contributed by atoms with Gasteiger partial charge in [0, 0.05) is 50.2 Å². The van der Waals surface area contributed by atoms with Gasteiger partial charge in [-0.05, 0) is 38.5 Å². The summed E-state index contributed by atoms with van der Waals surface area (Å²) in [7, 11) is -3.01. The van der Waals surface area contributed by atoms with Crippen molar-refractivity contribution in [3.63, 3.8) is 0 Å². The first-order valence-corrected chi connectivity index (χ1v) is 37.3. The van der Waals surface area contributed by atoms with Gasteiger partial charge in [0.1, 0.15) is 62.5 Å². The van der Waals surface area contributed by atoms with Gasteiger partial charge in [-0.25, -0.2) is 9.36 Å². The van der Waals surface area contributed by atoms with Crippen LogP contribution >= 0.6 is 7.82 Å². The first kappa shape index (κ1) is 94.1. The number of ether oxygens (including phenoxy) is 16. The number of hydrogen-bond donors (Lipinski definition) is 12. The molecule has 0 bridgehead atoms. The molecule has 3 fully saturated rings. The Labute approximate surface area is 603 Å². The van der Waals surface area contributed by atoms with E-state index in [2.05, 4.69) is 15.2 Å². The predicted octanol–water partition coefficient (Wildman–Crippen LogP) is -1.86. The SMILES string of the molecule is COP(=O)(O)OCCCCCCCOC(=O)C(CCCCCC(=O)COCCOCCOCCOC1OC(CO)C(O)C(O)C1C)NC(=O)C(CCCNC(=O)COCCOCCOCCOC1OC(CO)C(O)C(O)C1C)CC(=O)COCCOCCOCCOC1OC(CO)C(O)C(O)C1C. The quantitative estimate of drug-likeness (QED) is 0.0181. The average Bonchev–Trinajstić information content (AvgIpc) is 0.835. The van der Waals surface area contributed by atoms with Gasteiger partial charge in [0.15, 0.2) is 30.4 Å². The summed E-state index contributed by atoms with van der Waals surface area (Å²) in [5, 5.41) is 94.6. The molecule has 3 aliphatic rings. The van der Waals surface area contributed by atoms with Crippen molar-refractivity contribution < 1.29 is 164 Å². The number of hydrogen-bond acceptors (Lipinski definition) is 33. The zero-order valence-corrected chi connectivity index (χ0v) is 61.2. The Balaban J connectivity index is 1.47. The second kappa shape index (κ2) is 57.1. The number of aliphatic hydroxyl groups excluding tert-OH is 9. The summed E-state index contributed by atoms with van der Waals surface area (Å²) >= 11 is 0. The topological polar surface area (TPSA) is 495 Å². The maximum atomic E-state index is 14.2. The first-order valence-electron chi connectivity index (χ1n) is 35.8. The van der Waals surface area contributed by atoms with Crippen molar-refractivity contribution in [2.24, 2.45) is 23.7 Å². The molecular formula is C66H121N2O34P. The highest BCUT2D eigenvalue weighted by atomic mass is 31.2. The minimum atomic E-state index is -4.08. The molecule has 12 N–H and O–H groups in total. The molecule has 3 heterocycles. The van der Waals surface area contributed by atoms with Gasteiger partial charge in [0.25, 0.3) is 0 Å². The standard InChI is InChI=1S/C66H121N2O34P/c1-45-56(75)59(78)52(39-69)100-64(45)96-35-32-89-23-20-86-26-29-92-42-49(72)15-9-8-10-16-51(63(82)95-18-11-6-5-7-12-19-99-103(83,84)85-4)68-62(81)48(38-50(73)43-93-30-27-87-21-24-90-33-36-97-65-46(2)57(76)60(79)53(40-70)101-65)14-13-17-67-55(74)44-94-31-28-88-22-25-91-34-37-98-66-47(3)58(77)61(80)54(41-71)102-66/h45-48,51-54,56-61,64-66,69-71,75-80H,5-44H2,1-4H3,(H,67,74)(H,68,81)(H,83,84). The summed E-state index contributed by atoms with van der Waals surface area (Å²) in [4.78, 5) is 76.4. The van der Waals surface area contributed by atoms with Crippen LogP contribution in [0.5, 0.6) is 0 Å². The maximum Gasteiger partial charge on any atom is 0.471 e. The Morgan fingerprint density at radius 3 is 1.24 bits per heavy atom. The van der Waals surface area contributed by atoms with E-state index < -0.39 is 155 Å². The van der Waals surface area contributed by atoms with E-state index in [1.807, 2.05) is 0 Å². The van der Waals surface area contributed by atoms with Crippen LogP contribution < -0.4 is 10.6 Å². The summed E-state index contributed by atoms with van der Waals surface area (Å²) in [5.74, 6) is -4.89. The van der Waals surface area contributed by atoms with Crippen molar-refractivity contribution >= 4 is 37.2 Å². The van der Waals surface area contributed by atoms with E-state index in [1.165, 1.54) is 0 Å². The van der Waals surface area contributed by atoms with E-state index in [9.17, 15) is 79.4 Å². The molecule has 0 spiro atoms. The number of carbonyl (C=O) groups excluding carboxylic acids is 5. The monoisotopic (exact) mass is 1520 g/mol. The lowest BCUT2D eigenvalue weighted by Crippen LogP contribution is -2.55. The van der Waals surface area contributed by atoms with Gasteiger partial charge in [0.2, 0.25) is 11.8 Å². The van der Waals surface area contributed by atoms with Gasteiger partial charge in [0.05, 0.1) is 170 Å². The van der Waals surface area contributed by atoms with E-state index >= 15 is 0 Å². The van der Waals surface area contributed by atoms with E-state index in [4.69, 9.17) is 80.3 Å². The molecule has 37 heteroatoms. The smallest absolute Gasteiger partial charge is 0.464 e. The van der Waals surface area contributed by atoms with Gasteiger partial charge < -0.3 is 137 Å². The van der Waals surface area contributed by atoms with Crippen molar-refractivity contribution in [3.8, 4) is 0 Å². The number of aliphatic hydroxyl groups is 9. The zero-order valence-electron chi connectivity index (χ0n) is 60.3. The molecule has 18 atom stereocenters. The fourth-order valence-electron chi connectivity index (χ4n) is 10.7. The van der Waals surface area contributed by atoms with Crippen molar-refractivity contribution in [3.05, 3.63) is 0 Å². The number of esters is 1. The van der Waals surface area contributed by atoms with Gasteiger partial charge in [-0.3, -0.25) is 28.2 Å². The Kier molecular flexibility index (Phi) is 52.1. The van der Waals surface area contributed by atoms with E-state index in [0.717, 1.165) is 7.11 Å². The number of rotatable bonds is 64. The summed E-state index contributed by atoms with van der Waals surface area (Å²) in [6, 6.07) is -1.13. The number of Topliss-reactive ketones (excluding diaryl/α,β-unsaturated/α-hetero) is 2. The molecular weight excluding hydrogens is 1400 g/mol. The largest absolute Gasteiger partial charge is 0.471 e. The predicted molar refractivity (Wildman–Crippen MR) is 358 cm³/mol. The molecule has 3 saturated heterocycles. The molecule has 0 aliphatic carbocycles. The van der Waals surface area contributed by atoms with Crippen molar-refractivity contribution in [2.45, 2.75) is 184 Å². The summed E-state index contributed by atoms with van der Waals surface area (Å²) in [5.41, 5.74) is 0. The number of ketones is 2. The number of nitrogens with one attached hydrogen (secondary N) is 2. The Hall–Kier alpha value is -3.10. The Bertz CT molecular complexity index is 2270. The molecule has 0 aromatic carbocycles. The number of phosphoric acid groups is 1. The zero-order chi connectivity index (χ0) is 75.6. The lowest BCUT2D eigenvalue weighted by Gasteiger charge is -2.40. The number of unbranched alkanes of at least 4 members (excludes halogenated alkanes) is 6. The molecule has 0 aromatic rings. The highest BCUT2D eigenvalue weighted by Crippen LogP contribution is 2.42. The fourth-order valence-corrected chi connectivity index (χ4v) is 11.2. The molecule has 0 aromatic heterocycles.